The molecule has 3 fully saturated rings. The summed E-state index contributed by atoms with van der Waals surface area (Å²) in [4.78, 5) is 0. The minimum absolute atomic E-state index is 0.811. The zero-order valence-electron chi connectivity index (χ0n) is 18.5. The molecule has 3 saturated heterocycles. The van der Waals surface area contributed by atoms with Gasteiger partial charge in [0, 0.05) is 0 Å². The van der Waals surface area contributed by atoms with Crippen molar-refractivity contribution < 1.29 is 76.5 Å². The van der Waals surface area contributed by atoms with Crippen molar-refractivity contribution in [3.63, 3.8) is 0 Å². The fourth-order valence-electron chi connectivity index (χ4n) is 4.23. The highest BCUT2D eigenvalue weighted by Gasteiger charge is 2.64. The Balaban J connectivity index is 1.94. The molecule has 15 heteroatoms. The lowest BCUT2D eigenvalue weighted by molar-refractivity contribution is -0.399. The van der Waals surface area contributed by atoms with Crippen molar-refractivity contribution in [2.75, 3.05) is 13.2 Å². The first-order chi connectivity index (χ1) is 15.7. The van der Waals surface area contributed by atoms with Crippen molar-refractivity contribution in [1.29, 1.82) is 0 Å². The molecule has 3 heterocycles. The second kappa shape index (κ2) is 10.2. The Morgan fingerprint density at radius 1 is 0.758 bits per heavy atom. The van der Waals surface area contributed by atoms with Gasteiger partial charge in [0.15, 0.2) is 18.2 Å². The molecule has 194 valence electrons. The quantitative estimate of drug-likeness (QED) is 0.171. The maximum absolute atomic E-state index is 11.3. The number of ether oxygens (including phenoxy) is 4. The van der Waals surface area contributed by atoms with Crippen molar-refractivity contribution in [1.82, 2.24) is 0 Å². The van der Waals surface area contributed by atoms with Gasteiger partial charge in [0.2, 0.25) is 0 Å². The van der Waals surface area contributed by atoms with Crippen molar-refractivity contribution in [2.45, 2.75) is 98.3 Å². The predicted molar refractivity (Wildman–Crippen MR) is 99.9 cm³/mol. The molecular weight excluding hydrogens is 456 g/mol. The second-order valence-corrected chi connectivity index (χ2v) is 8.45. The molecule has 3 aliphatic heterocycles. The van der Waals surface area contributed by atoms with Gasteiger partial charge in [0.1, 0.15) is 67.1 Å². The normalized spacial score (nSPS) is 58.7. The van der Waals surface area contributed by atoms with Crippen LogP contribution in [0.3, 0.4) is 0 Å². The Hall–Kier alpha value is -0.600. The Morgan fingerprint density at radius 3 is 1.91 bits per heavy atom. The van der Waals surface area contributed by atoms with Crippen molar-refractivity contribution in [2.24, 2.45) is 0 Å². The minimum Gasteiger partial charge on any atom is -0.394 e. The molecule has 0 aromatic heterocycles. The van der Waals surface area contributed by atoms with Crippen LogP contribution in [0.2, 0.25) is 0 Å². The average molecular weight is 489 g/mol. The van der Waals surface area contributed by atoms with Gasteiger partial charge in [0.05, 0.1) is 20.7 Å². The molecule has 3 aliphatic rings. The van der Waals surface area contributed by atoms with E-state index in [2.05, 4.69) is 0 Å². The Morgan fingerprint density at radius 2 is 1.33 bits per heavy atom. The van der Waals surface area contributed by atoms with Crippen LogP contribution in [0.1, 0.15) is 8.29 Å². The van der Waals surface area contributed by atoms with Gasteiger partial charge in [-0.2, -0.15) is 0 Å². The van der Waals surface area contributed by atoms with Crippen LogP contribution >= 0.6 is 0 Å². The highest BCUT2D eigenvalue weighted by Crippen LogP contribution is 2.40. The van der Waals surface area contributed by atoms with Crippen LogP contribution in [0, 0.1) is 0 Å². The zero-order valence-corrected chi connectivity index (χ0v) is 17.5. The average Bonchev–Trinajstić information content (AvgIpc) is 2.80. The monoisotopic (exact) mass is 489 g/mol. The highest BCUT2D eigenvalue weighted by molar-refractivity contribution is 5.10. The lowest BCUT2D eigenvalue weighted by atomic mass is 9.77. The van der Waals surface area contributed by atoms with E-state index in [1.807, 2.05) is 0 Å². The van der Waals surface area contributed by atoms with E-state index in [1.54, 1.807) is 0 Å². The summed E-state index contributed by atoms with van der Waals surface area (Å²) in [6.07, 6.45) is -27.6. The van der Waals surface area contributed by atoms with Crippen LogP contribution in [0.25, 0.3) is 0 Å². The lowest BCUT2D eigenvalue weighted by Crippen LogP contribution is -2.77. The Bertz CT molecular complexity index is 698. The molecule has 11 N–H and O–H groups in total. The molecule has 15 nitrogen and oxygen atoms in total. The lowest BCUT2D eigenvalue weighted by Gasteiger charge is -2.54. The van der Waals surface area contributed by atoms with Crippen molar-refractivity contribution in [3.8, 4) is 0 Å². The topological polar surface area (TPSA) is 259 Å². The van der Waals surface area contributed by atoms with Gasteiger partial charge in [0.25, 0.3) is 0 Å². The summed E-state index contributed by atoms with van der Waals surface area (Å²) in [5.41, 5.74) is -3.29. The van der Waals surface area contributed by atoms with Gasteiger partial charge >= 0.3 is 0 Å². The maximum Gasteiger partial charge on any atom is 0.189 e. The number of hydrogen-bond acceptors (Lipinski definition) is 15. The fourth-order valence-corrected chi connectivity index (χ4v) is 4.23. The van der Waals surface area contributed by atoms with Crippen molar-refractivity contribution >= 4 is 0 Å². The fraction of sp³-hybridized carbons (Fsp3) is 1.00. The summed E-state index contributed by atoms with van der Waals surface area (Å²) in [5, 5.41) is 112. The number of rotatable bonds is 5. The molecule has 0 saturated carbocycles. The highest BCUT2D eigenvalue weighted by atomic mass is 16.7. The summed E-state index contributed by atoms with van der Waals surface area (Å²) >= 11 is 0. The third kappa shape index (κ3) is 4.53. The van der Waals surface area contributed by atoms with E-state index in [-0.39, 0.29) is 0 Å². The smallest absolute Gasteiger partial charge is 0.189 e. The third-order valence-corrected chi connectivity index (χ3v) is 6.34. The van der Waals surface area contributed by atoms with Gasteiger partial charge < -0.3 is 75.1 Å². The molecule has 33 heavy (non-hydrogen) atoms. The van der Waals surface area contributed by atoms with E-state index in [0.29, 0.717) is 0 Å². The number of aliphatic hydroxyl groups is 11. The van der Waals surface area contributed by atoms with Crippen LogP contribution in [-0.4, -0.2) is 161 Å². The maximum atomic E-state index is 11.3. The summed E-state index contributed by atoms with van der Waals surface area (Å²) in [6.45, 7) is -0.579. The van der Waals surface area contributed by atoms with Crippen LogP contribution < -0.4 is 0 Å². The molecule has 15 atom stereocenters. The van der Waals surface area contributed by atoms with Gasteiger partial charge in [-0.25, -0.2) is 0 Å². The Labute approximate surface area is 189 Å². The van der Waals surface area contributed by atoms with E-state index in [4.69, 9.17) is 20.3 Å². The number of aliphatic hydroxyl groups excluding tert-OH is 9. The third-order valence-electron chi connectivity index (χ3n) is 6.34. The first-order valence-electron chi connectivity index (χ1n) is 10.8. The molecule has 0 bridgehead atoms. The predicted octanol–water partition coefficient (Wildman–Crippen LogP) is -7.16. The van der Waals surface area contributed by atoms with E-state index in [1.165, 1.54) is 6.92 Å². The molecule has 3 rings (SSSR count). The van der Waals surface area contributed by atoms with Gasteiger partial charge in [-0.05, 0) is 6.92 Å². The van der Waals surface area contributed by atoms with Gasteiger partial charge in [-0.1, -0.05) is 0 Å². The van der Waals surface area contributed by atoms with Crippen LogP contribution in [0.5, 0.6) is 0 Å². The summed E-state index contributed by atoms with van der Waals surface area (Å²) in [5.74, 6) is 0. The first kappa shape index (κ1) is 25.5. The molecule has 0 radical (unpaired) electrons. The van der Waals surface area contributed by atoms with E-state index in [9.17, 15) is 56.2 Å². The number of hydrogen-bond donors (Lipinski definition) is 11. The minimum atomic E-state index is -3.47. The molecule has 0 amide bonds. The standard InChI is InChI=1S/C18H32O15/c1-4-7(21)9(23)11(25)15(30-4)18(29)14(27)13(6(3-20)32-17(18)28)33-16-12(26)10(24)8(22)5(2-19)31-16/h4-17,19-29H,2-3H2,1H3/t4-,5+,6+,7+,8-,9+,10-,11-,12+,13+,14-,15?,16-,17?,18-/m0/s1/i17D. The zero-order chi connectivity index (χ0) is 25.7. The van der Waals surface area contributed by atoms with Gasteiger partial charge in [-0.15, -0.1) is 0 Å². The molecule has 0 aromatic rings. The van der Waals surface area contributed by atoms with E-state index >= 15 is 0 Å². The molecular formula is C18H32O15. The molecule has 2 unspecified atom stereocenters. The van der Waals surface area contributed by atoms with Gasteiger partial charge in [-0.3, -0.25) is 0 Å². The van der Waals surface area contributed by atoms with E-state index < -0.39 is 105 Å². The molecule has 0 aliphatic carbocycles. The largest absolute Gasteiger partial charge is 0.394 e. The van der Waals surface area contributed by atoms with Crippen LogP contribution in [-0.2, 0) is 18.9 Å². The second-order valence-electron chi connectivity index (χ2n) is 8.45. The first-order valence-corrected chi connectivity index (χ1v) is 10.3. The summed E-state index contributed by atoms with van der Waals surface area (Å²) < 4.78 is 28.9. The van der Waals surface area contributed by atoms with Crippen LogP contribution in [0.4, 0.5) is 0 Å². The molecule has 0 aromatic carbocycles. The summed E-state index contributed by atoms with van der Waals surface area (Å²) in [6, 6.07) is 0. The summed E-state index contributed by atoms with van der Waals surface area (Å²) in [7, 11) is 0. The van der Waals surface area contributed by atoms with Crippen molar-refractivity contribution in [3.05, 3.63) is 0 Å². The van der Waals surface area contributed by atoms with E-state index in [0.717, 1.165) is 0 Å². The SMILES string of the molecule is [2H]C1(O)O[C@H](CO)[C@@H](O[C@@H]2O[C@H](CO)[C@H](O)[C@H](O)[C@H]2O)[C@H](O)[C@]1(O)C1O[C@@H](C)[C@@H](O)[C@@H](O)[C@@H]1O. The molecule has 0 spiro atoms. The van der Waals surface area contributed by atoms with Crippen LogP contribution in [0.15, 0.2) is 0 Å². The Kier molecular flexibility index (Phi) is 7.86.